The summed E-state index contributed by atoms with van der Waals surface area (Å²) in [5, 5.41) is 10.6. The van der Waals surface area contributed by atoms with Gasteiger partial charge in [0.2, 0.25) is 0 Å². The van der Waals surface area contributed by atoms with Gasteiger partial charge in [-0.2, -0.15) is 0 Å². The molecule has 1 heterocycles. The number of amides is 1. The molecule has 0 bridgehead atoms. The molecule has 0 saturated carbocycles. The molecule has 0 saturated heterocycles. The number of nitrogens with zero attached hydrogens (tertiary/aromatic N) is 1. The molecule has 6 heteroatoms. The zero-order chi connectivity index (χ0) is 13.0. The molecule has 1 atom stereocenters. The van der Waals surface area contributed by atoms with E-state index in [-0.39, 0.29) is 12.5 Å². The Morgan fingerprint density at radius 2 is 2.24 bits per heavy atom. The van der Waals surface area contributed by atoms with E-state index in [4.69, 9.17) is 5.11 Å². The van der Waals surface area contributed by atoms with Gasteiger partial charge in [-0.25, -0.2) is 0 Å². The van der Waals surface area contributed by atoms with Crippen molar-refractivity contribution in [1.82, 2.24) is 4.90 Å². The van der Waals surface area contributed by atoms with Crippen LogP contribution < -0.4 is 0 Å². The molecule has 0 aliphatic carbocycles. The molecule has 1 N–H and O–H groups in total. The average Bonchev–Trinajstić information content (AvgIpc) is 2.71. The van der Waals surface area contributed by atoms with Crippen LogP contribution in [0.4, 0.5) is 0 Å². The third-order valence-electron chi connectivity index (χ3n) is 2.40. The molecule has 0 aromatic carbocycles. The minimum atomic E-state index is -0.879. The van der Waals surface area contributed by atoms with E-state index in [1.54, 1.807) is 17.2 Å². The van der Waals surface area contributed by atoms with E-state index in [1.807, 2.05) is 13.0 Å². The predicted octanol–water partition coefficient (Wildman–Crippen LogP) is 2.54. The van der Waals surface area contributed by atoms with Crippen LogP contribution in [0.2, 0.25) is 0 Å². The number of thiophene rings is 1. The van der Waals surface area contributed by atoms with E-state index < -0.39 is 11.9 Å². The number of carbonyl (C=O) groups excluding carboxylic acids is 1. The monoisotopic (exact) mass is 367 g/mol. The maximum absolute atomic E-state index is 12.1. The minimum absolute atomic E-state index is 0.0974. The van der Waals surface area contributed by atoms with Gasteiger partial charge in [-0.1, -0.05) is 6.92 Å². The fraction of sp³-hybridized carbons (Fsp3) is 0.455. The zero-order valence-electron chi connectivity index (χ0n) is 9.64. The van der Waals surface area contributed by atoms with Crippen LogP contribution >= 0.6 is 33.9 Å². The highest BCUT2D eigenvalue weighted by Crippen LogP contribution is 2.18. The van der Waals surface area contributed by atoms with Crippen LogP contribution in [0.1, 0.15) is 24.2 Å². The lowest BCUT2D eigenvalue weighted by Gasteiger charge is -2.22. The highest BCUT2D eigenvalue weighted by Gasteiger charge is 2.20. The first-order valence-electron chi connectivity index (χ1n) is 5.21. The van der Waals surface area contributed by atoms with Gasteiger partial charge < -0.3 is 10.0 Å². The smallest absolute Gasteiger partial charge is 0.308 e. The van der Waals surface area contributed by atoms with Crippen molar-refractivity contribution in [3.05, 3.63) is 19.9 Å². The SMILES string of the molecule is CCN(CC(C)C(=O)O)C(=O)c1csc(I)c1. The Labute approximate surface area is 118 Å². The summed E-state index contributed by atoms with van der Waals surface area (Å²) < 4.78 is 1.05. The molecule has 1 aromatic rings. The van der Waals surface area contributed by atoms with E-state index in [0.29, 0.717) is 12.1 Å². The standard InChI is InChI=1S/C11H14INO3S/c1-3-13(5-7(2)11(15)16)10(14)8-4-9(12)17-6-8/h4,6-7H,3,5H2,1-2H3,(H,15,16). The molecule has 1 rings (SSSR count). The summed E-state index contributed by atoms with van der Waals surface area (Å²) in [6.07, 6.45) is 0. The molecule has 1 amide bonds. The maximum atomic E-state index is 12.1. The summed E-state index contributed by atoms with van der Waals surface area (Å²) in [6.45, 7) is 4.22. The van der Waals surface area contributed by atoms with Gasteiger partial charge in [-0.15, -0.1) is 11.3 Å². The summed E-state index contributed by atoms with van der Waals surface area (Å²) in [7, 11) is 0. The van der Waals surface area contributed by atoms with E-state index in [9.17, 15) is 9.59 Å². The van der Waals surface area contributed by atoms with Crippen LogP contribution in [0.5, 0.6) is 0 Å². The molecule has 0 aliphatic rings. The number of carboxylic acids is 1. The zero-order valence-corrected chi connectivity index (χ0v) is 12.6. The molecule has 17 heavy (non-hydrogen) atoms. The lowest BCUT2D eigenvalue weighted by atomic mass is 10.1. The number of hydrogen-bond donors (Lipinski definition) is 1. The number of carboxylic acid groups (broad SMARTS) is 1. The van der Waals surface area contributed by atoms with E-state index >= 15 is 0 Å². The summed E-state index contributed by atoms with van der Waals surface area (Å²) in [4.78, 5) is 24.4. The van der Waals surface area contributed by atoms with Crippen molar-refractivity contribution in [1.29, 1.82) is 0 Å². The number of carbonyl (C=O) groups is 2. The van der Waals surface area contributed by atoms with Gasteiger partial charge in [-0.05, 0) is 35.6 Å². The molecular weight excluding hydrogens is 353 g/mol. The van der Waals surface area contributed by atoms with Gasteiger partial charge in [0.1, 0.15) is 0 Å². The second-order valence-electron chi connectivity index (χ2n) is 3.72. The van der Waals surface area contributed by atoms with Crippen LogP contribution in [0.15, 0.2) is 11.4 Å². The van der Waals surface area contributed by atoms with Crippen LogP contribution in [-0.4, -0.2) is 35.0 Å². The third-order valence-corrected chi connectivity index (χ3v) is 4.19. The lowest BCUT2D eigenvalue weighted by molar-refractivity contribution is -0.141. The molecule has 4 nitrogen and oxygen atoms in total. The summed E-state index contributed by atoms with van der Waals surface area (Å²) >= 11 is 3.67. The highest BCUT2D eigenvalue weighted by molar-refractivity contribution is 14.1. The Hall–Kier alpha value is -0.630. The topological polar surface area (TPSA) is 57.6 Å². The quantitative estimate of drug-likeness (QED) is 0.814. The van der Waals surface area contributed by atoms with Crippen molar-refractivity contribution in [3.63, 3.8) is 0 Å². The molecule has 0 spiro atoms. The fourth-order valence-electron chi connectivity index (χ4n) is 1.37. The Morgan fingerprint density at radius 1 is 1.59 bits per heavy atom. The molecule has 0 radical (unpaired) electrons. The number of hydrogen-bond acceptors (Lipinski definition) is 3. The fourth-order valence-corrected chi connectivity index (χ4v) is 2.69. The highest BCUT2D eigenvalue weighted by atomic mass is 127. The minimum Gasteiger partial charge on any atom is -0.481 e. The first-order chi connectivity index (χ1) is 7.95. The van der Waals surface area contributed by atoms with Gasteiger partial charge in [0.25, 0.3) is 5.91 Å². The Kier molecular flexibility index (Phi) is 5.38. The van der Waals surface area contributed by atoms with Gasteiger partial charge in [0.15, 0.2) is 0 Å². The second-order valence-corrected chi connectivity index (χ2v) is 6.53. The van der Waals surface area contributed by atoms with Crippen molar-refractivity contribution in [2.24, 2.45) is 5.92 Å². The van der Waals surface area contributed by atoms with Crippen LogP contribution in [0.3, 0.4) is 0 Å². The van der Waals surface area contributed by atoms with E-state index in [2.05, 4.69) is 22.6 Å². The van der Waals surface area contributed by atoms with E-state index in [0.717, 1.165) is 2.88 Å². The van der Waals surface area contributed by atoms with Crippen molar-refractivity contribution >= 4 is 45.8 Å². The van der Waals surface area contributed by atoms with Gasteiger partial charge in [0, 0.05) is 18.5 Å². The third kappa shape index (κ3) is 3.95. The Balaban J connectivity index is 2.74. The average molecular weight is 367 g/mol. The van der Waals surface area contributed by atoms with Crippen LogP contribution in [0, 0.1) is 8.80 Å². The largest absolute Gasteiger partial charge is 0.481 e. The first kappa shape index (κ1) is 14.4. The van der Waals surface area contributed by atoms with Gasteiger partial charge in [0.05, 0.1) is 14.4 Å². The van der Waals surface area contributed by atoms with Crippen molar-refractivity contribution in [2.75, 3.05) is 13.1 Å². The van der Waals surface area contributed by atoms with Gasteiger partial charge in [-0.3, -0.25) is 9.59 Å². The summed E-state index contributed by atoms with van der Waals surface area (Å²) in [5.74, 6) is -1.52. The number of rotatable bonds is 5. The van der Waals surface area contributed by atoms with Crippen molar-refractivity contribution in [2.45, 2.75) is 13.8 Å². The van der Waals surface area contributed by atoms with Crippen LogP contribution in [0.25, 0.3) is 0 Å². The van der Waals surface area contributed by atoms with Crippen molar-refractivity contribution < 1.29 is 14.7 Å². The second kappa shape index (κ2) is 6.34. The Bertz CT molecular complexity index is 419. The molecule has 1 aromatic heterocycles. The summed E-state index contributed by atoms with van der Waals surface area (Å²) in [6, 6.07) is 1.82. The number of halogens is 1. The molecule has 0 aliphatic heterocycles. The maximum Gasteiger partial charge on any atom is 0.308 e. The molecule has 94 valence electrons. The van der Waals surface area contributed by atoms with E-state index in [1.165, 1.54) is 11.3 Å². The van der Waals surface area contributed by atoms with Gasteiger partial charge >= 0.3 is 5.97 Å². The first-order valence-corrected chi connectivity index (χ1v) is 7.17. The lowest BCUT2D eigenvalue weighted by Crippen LogP contribution is -2.36. The molecule has 1 unspecified atom stereocenters. The van der Waals surface area contributed by atoms with Crippen molar-refractivity contribution in [3.8, 4) is 0 Å². The normalized spacial score (nSPS) is 12.2. The molecule has 0 fully saturated rings. The molecular formula is C11H14INO3S. The van der Waals surface area contributed by atoms with Crippen LogP contribution in [-0.2, 0) is 4.79 Å². The summed E-state index contributed by atoms with van der Waals surface area (Å²) in [5.41, 5.74) is 0.638. The number of aliphatic carboxylic acids is 1. The Morgan fingerprint density at radius 3 is 2.65 bits per heavy atom. The predicted molar refractivity (Wildman–Crippen MR) is 75.4 cm³/mol.